The molecule has 0 bridgehead atoms. The van der Waals surface area contributed by atoms with Crippen molar-refractivity contribution >= 4 is 5.91 Å². The van der Waals surface area contributed by atoms with Crippen LogP contribution in [0.2, 0.25) is 0 Å². The van der Waals surface area contributed by atoms with Crippen LogP contribution in [0.25, 0.3) is 0 Å². The molecule has 17 heavy (non-hydrogen) atoms. The third-order valence-corrected chi connectivity index (χ3v) is 3.62. The van der Waals surface area contributed by atoms with Crippen LogP contribution in [0.5, 0.6) is 0 Å². The molecular weight excluding hydrogens is 214 g/mol. The average Bonchev–Trinajstić information content (AvgIpc) is 2.31. The smallest absolute Gasteiger partial charge is 0.234 e. The number of carbonyl (C=O) groups is 1. The molecule has 0 aromatic carbocycles. The molecule has 100 valence electrons. The molecular formula is C13H27N3O. The molecule has 1 rings (SSSR count). The minimum atomic E-state index is 0.156. The van der Waals surface area contributed by atoms with Crippen LogP contribution in [-0.2, 0) is 4.79 Å². The standard InChI is InChI=1S/C13H27N3O/c1-3-11(2)15-13(17)10-16-9-5-4-6-12(16)7-8-14/h11-12H,3-10,14H2,1-2H3,(H,15,17). The van der Waals surface area contributed by atoms with Crippen LogP contribution in [0.4, 0.5) is 0 Å². The molecule has 1 aliphatic rings. The zero-order valence-corrected chi connectivity index (χ0v) is 11.2. The fraction of sp³-hybridized carbons (Fsp3) is 0.923. The third-order valence-electron chi connectivity index (χ3n) is 3.62. The number of amides is 1. The Kier molecular flexibility index (Phi) is 6.52. The summed E-state index contributed by atoms with van der Waals surface area (Å²) in [6, 6.07) is 0.789. The Hall–Kier alpha value is -0.610. The summed E-state index contributed by atoms with van der Waals surface area (Å²) >= 11 is 0. The van der Waals surface area contributed by atoms with E-state index in [9.17, 15) is 4.79 Å². The first kappa shape index (κ1) is 14.5. The molecule has 0 aromatic heterocycles. The Labute approximate surface area is 105 Å². The molecule has 1 saturated heterocycles. The summed E-state index contributed by atoms with van der Waals surface area (Å²) in [5, 5.41) is 3.03. The lowest BCUT2D eigenvalue weighted by Gasteiger charge is -2.35. The zero-order chi connectivity index (χ0) is 12.7. The van der Waals surface area contributed by atoms with Gasteiger partial charge in [-0.05, 0) is 45.7 Å². The maximum Gasteiger partial charge on any atom is 0.234 e. The highest BCUT2D eigenvalue weighted by molar-refractivity contribution is 5.78. The van der Waals surface area contributed by atoms with Gasteiger partial charge in [0.1, 0.15) is 0 Å². The van der Waals surface area contributed by atoms with E-state index in [2.05, 4.69) is 17.1 Å². The number of likely N-dealkylation sites (tertiary alicyclic amines) is 1. The van der Waals surface area contributed by atoms with Crippen molar-refractivity contribution in [3.63, 3.8) is 0 Å². The van der Waals surface area contributed by atoms with Crippen LogP contribution in [0.1, 0.15) is 46.0 Å². The van der Waals surface area contributed by atoms with Gasteiger partial charge < -0.3 is 11.1 Å². The summed E-state index contributed by atoms with van der Waals surface area (Å²) in [6.07, 6.45) is 5.66. The highest BCUT2D eigenvalue weighted by Gasteiger charge is 2.23. The van der Waals surface area contributed by atoms with Gasteiger partial charge in [0.15, 0.2) is 0 Å². The fourth-order valence-electron chi connectivity index (χ4n) is 2.39. The SMILES string of the molecule is CCC(C)NC(=O)CN1CCCCC1CCN. The van der Waals surface area contributed by atoms with Gasteiger partial charge in [-0.25, -0.2) is 0 Å². The molecule has 2 unspecified atom stereocenters. The summed E-state index contributed by atoms with van der Waals surface area (Å²) in [6.45, 7) is 6.43. The van der Waals surface area contributed by atoms with E-state index >= 15 is 0 Å². The zero-order valence-electron chi connectivity index (χ0n) is 11.2. The number of rotatable bonds is 6. The van der Waals surface area contributed by atoms with Crippen molar-refractivity contribution in [2.24, 2.45) is 5.73 Å². The summed E-state index contributed by atoms with van der Waals surface area (Å²) < 4.78 is 0. The van der Waals surface area contributed by atoms with E-state index in [1.165, 1.54) is 19.3 Å². The van der Waals surface area contributed by atoms with Crippen molar-refractivity contribution in [3.05, 3.63) is 0 Å². The summed E-state index contributed by atoms with van der Waals surface area (Å²) in [4.78, 5) is 14.1. The molecule has 4 nitrogen and oxygen atoms in total. The van der Waals surface area contributed by atoms with Crippen molar-refractivity contribution in [1.29, 1.82) is 0 Å². The lowest BCUT2D eigenvalue weighted by atomic mass is 9.99. The van der Waals surface area contributed by atoms with E-state index in [0.717, 1.165) is 19.4 Å². The van der Waals surface area contributed by atoms with Crippen LogP contribution in [0.15, 0.2) is 0 Å². The molecule has 4 heteroatoms. The number of nitrogens with zero attached hydrogens (tertiary/aromatic N) is 1. The van der Waals surface area contributed by atoms with Crippen molar-refractivity contribution in [3.8, 4) is 0 Å². The molecule has 0 aromatic rings. The largest absolute Gasteiger partial charge is 0.353 e. The molecule has 0 saturated carbocycles. The van der Waals surface area contributed by atoms with E-state index in [0.29, 0.717) is 19.1 Å². The predicted octanol–water partition coefficient (Wildman–Crippen LogP) is 1.10. The van der Waals surface area contributed by atoms with E-state index in [-0.39, 0.29) is 11.9 Å². The maximum atomic E-state index is 11.8. The molecule has 1 heterocycles. The Bertz CT molecular complexity index is 231. The summed E-state index contributed by atoms with van der Waals surface area (Å²) in [5.41, 5.74) is 5.63. The van der Waals surface area contributed by atoms with Crippen molar-refractivity contribution < 1.29 is 4.79 Å². The van der Waals surface area contributed by atoms with E-state index in [4.69, 9.17) is 5.73 Å². The quantitative estimate of drug-likeness (QED) is 0.732. The van der Waals surface area contributed by atoms with Gasteiger partial charge in [-0.2, -0.15) is 0 Å². The Morgan fingerprint density at radius 3 is 2.94 bits per heavy atom. The van der Waals surface area contributed by atoms with Gasteiger partial charge in [-0.15, -0.1) is 0 Å². The van der Waals surface area contributed by atoms with Gasteiger partial charge in [0.05, 0.1) is 6.54 Å². The van der Waals surface area contributed by atoms with Crippen LogP contribution < -0.4 is 11.1 Å². The van der Waals surface area contributed by atoms with E-state index in [1.54, 1.807) is 0 Å². The molecule has 1 aliphatic heterocycles. The minimum Gasteiger partial charge on any atom is -0.353 e. The van der Waals surface area contributed by atoms with Gasteiger partial charge in [0.25, 0.3) is 0 Å². The first-order chi connectivity index (χ1) is 8.17. The van der Waals surface area contributed by atoms with Crippen LogP contribution in [-0.4, -0.2) is 42.5 Å². The Morgan fingerprint density at radius 2 is 2.29 bits per heavy atom. The number of nitrogens with one attached hydrogen (secondary N) is 1. The number of hydrogen-bond acceptors (Lipinski definition) is 3. The fourth-order valence-corrected chi connectivity index (χ4v) is 2.39. The van der Waals surface area contributed by atoms with Gasteiger partial charge in [0, 0.05) is 12.1 Å². The first-order valence-electron chi connectivity index (χ1n) is 6.90. The Morgan fingerprint density at radius 1 is 1.53 bits per heavy atom. The van der Waals surface area contributed by atoms with Crippen molar-refractivity contribution in [1.82, 2.24) is 10.2 Å². The van der Waals surface area contributed by atoms with Gasteiger partial charge in [0.2, 0.25) is 5.91 Å². The normalized spacial score (nSPS) is 23.4. The second-order valence-corrected chi connectivity index (χ2v) is 5.07. The van der Waals surface area contributed by atoms with Gasteiger partial charge >= 0.3 is 0 Å². The molecule has 1 fully saturated rings. The van der Waals surface area contributed by atoms with Crippen LogP contribution >= 0.6 is 0 Å². The van der Waals surface area contributed by atoms with Crippen molar-refractivity contribution in [2.45, 2.75) is 58.0 Å². The number of carbonyl (C=O) groups excluding carboxylic acids is 1. The molecule has 0 radical (unpaired) electrons. The van der Waals surface area contributed by atoms with E-state index in [1.807, 2.05) is 6.92 Å². The highest BCUT2D eigenvalue weighted by Crippen LogP contribution is 2.18. The molecule has 1 amide bonds. The first-order valence-corrected chi connectivity index (χ1v) is 6.90. The number of hydrogen-bond donors (Lipinski definition) is 2. The highest BCUT2D eigenvalue weighted by atomic mass is 16.2. The maximum absolute atomic E-state index is 11.8. The predicted molar refractivity (Wildman–Crippen MR) is 70.8 cm³/mol. The van der Waals surface area contributed by atoms with E-state index < -0.39 is 0 Å². The second-order valence-electron chi connectivity index (χ2n) is 5.07. The monoisotopic (exact) mass is 241 g/mol. The molecule has 0 aliphatic carbocycles. The number of piperidine rings is 1. The lowest BCUT2D eigenvalue weighted by molar-refractivity contribution is -0.123. The molecule has 2 atom stereocenters. The van der Waals surface area contributed by atoms with Crippen molar-refractivity contribution in [2.75, 3.05) is 19.6 Å². The lowest BCUT2D eigenvalue weighted by Crippen LogP contribution is -2.47. The summed E-state index contributed by atoms with van der Waals surface area (Å²) in [7, 11) is 0. The molecule has 0 spiro atoms. The summed E-state index contributed by atoms with van der Waals surface area (Å²) in [5.74, 6) is 0.156. The second kappa shape index (κ2) is 7.67. The molecule has 3 N–H and O–H groups in total. The van der Waals surface area contributed by atoms with Crippen LogP contribution in [0.3, 0.4) is 0 Å². The topological polar surface area (TPSA) is 58.4 Å². The Balaban J connectivity index is 2.38. The minimum absolute atomic E-state index is 0.156. The average molecular weight is 241 g/mol. The number of nitrogens with two attached hydrogens (primary N) is 1. The van der Waals surface area contributed by atoms with Gasteiger partial charge in [-0.1, -0.05) is 13.3 Å². The third kappa shape index (κ3) is 5.04. The van der Waals surface area contributed by atoms with Gasteiger partial charge in [-0.3, -0.25) is 9.69 Å². The van der Waals surface area contributed by atoms with Crippen LogP contribution in [0, 0.1) is 0 Å².